The third-order valence-corrected chi connectivity index (χ3v) is 8.76. The van der Waals surface area contributed by atoms with E-state index in [4.69, 9.17) is 0 Å². The van der Waals surface area contributed by atoms with Crippen LogP contribution in [-0.2, 0) is 17.8 Å². The molecule has 0 unspecified atom stereocenters. The van der Waals surface area contributed by atoms with Gasteiger partial charge in [-0.15, -0.1) is 10.2 Å². The van der Waals surface area contributed by atoms with Crippen LogP contribution in [0.1, 0.15) is 70.5 Å². The van der Waals surface area contributed by atoms with Gasteiger partial charge in [0.15, 0.2) is 5.16 Å². The number of hydrogen-bond acceptors (Lipinski definition) is 4. The predicted octanol–water partition coefficient (Wildman–Crippen LogP) is 3.82. The van der Waals surface area contributed by atoms with Crippen LogP contribution in [0.4, 0.5) is 0 Å². The van der Waals surface area contributed by atoms with Crippen molar-refractivity contribution in [2.75, 3.05) is 5.75 Å². The molecule has 4 fully saturated rings. The molecule has 0 radical (unpaired) electrons. The monoisotopic (exact) mass is 388 g/mol. The fourth-order valence-electron chi connectivity index (χ4n) is 6.84. The highest BCUT2D eigenvalue weighted by molar-refractivity contribution is 7.99. The number of thioether (sulfide) groups is 1. The Labute approximate surface area is 166 Å². The van der Waals surface area contributed by atoms with E-state index in [-0.39, 0.29) is 5.91 Å². The molecular formula is C21H32N4OS. The van der Waals surface area contributed by atoms with Gasteiger partial charge in [-0.3, -0.25) is 4.79 Å². The molecule has 1 aromatic heterocycles. The minimum absolute atomic E-state index is 0.161. The van der Waals surface area contributed by atoms with Crippen molar-refractivity contribution in [1.29, 1.82) is 0 Å². The number of nitrogens with one attached hydrogen (secondary N) is 1. The Balaban J connectivity index is 1.19. The molecule has 5 nitrogen and oxygen atoms in total. The summed E-state index contributed by atoms with van der Waals surface area (Å²) in [6, 6.07) is 0.300. The number of nitrogens with zero attached hydrogens (tertiary/aromatic N) is 3. The average Bonchev–Trinajstić information content (AvgIpc) is 2.85. The number of rotatable bonds is 5. The number of hydrogen-bond donors (Lipinski definition) is 1. The van der Waals surface area contributed by atoms with Gasteiger partial charge in [0.25, 0.3) is 0 Å². The van der Waals surface area contributed by atoms with Gasteiger partial charge in [-0.2, -0.15) is 0 Å². The smallest absolute Gasteiger partial charge is 0.230 e. The summed E-state index contributed by atoms with van der Waals surface area (Å²) in [5.74, 6) is 4.49. The lowest BCUT2D eigenvalue weighted by Gasteiger charge is -2.59. The highest BCUT2D eigenvalue weighted by Crippen LogP contribution is 2.61. The van der Waals surface area contributed by atoms with E-state index in [1.54, 1.807) is 11.8 Å². The van der Waals surface area contributed by atoms with Gasteiger partial charge in [0.05, 0.1) is 5.75 Å². The van der Waals surface area contributed by atoms with E-state index in [1.165, 1.54) is 57.8 Å². The van der Waals surface area contributed by atoms with Crippen LogP contribution < -0.4 is 5.32 Å². The van der Waals surface area contributed by atoms with Crippen molar-refractivity contribution in [3.8, 4) is 0 Å². The first-order valence-electron chi connectivity index (χ1n) is 11.0. The molecule has 4 saturated carbocycles. The Kier molecular flexibility index (Phi) is 4.73. The van der Waals surface area contributed by atoms with E-state index in [1.807, 2.05) is 0 Å². The number of carbonyl (C=O) groups excluding carboxylic acids is 1. The van der Waals surface area contributed by atoms with E-state index >= 15 is 0 Å². The van der Waals surface area contributed by atoms with Gasteiger partial charge >= 0.3 is 0 Å². The van der Waals surface area contributed by atoms with Crippen LogP contribution in [0.5, 0.6) is 0 Å². The van der Waals surface area contributed by atoms with Crippen molar-refractivity contribution >= 4 is 17.7 Å². The van der Waals surface area contributed by atoms with E-state index in [2.05, 4.69) is 27.0 Å². The molecule has 1 amide bonds. The summed E-state index contributed by atoms with van der Waals surface area (Å²) in [7, 11) is 0. The molecule has 4 aliphatic carbocycles. The Hall–Kier alpha value is -1.04. The Morgan fingerprint density at radius 2 is 1.85 bits per heavy atom. The molecule has 1 aromatic rings. The second-order valence-corrected chi connectivity index (χ2v) is 10.7. The Bertz CT molecular complexity index is 680. The van der Waals surface area contributed by atoms with Gasteiger partial charge < -0.3 is 9.88 Å². The van der Waals surface area contributed by atoms with Gasteiger partial charge in [-0.25, -0.2) is 0 Å². The van der Waals surface area contributed by atoms with Gasteiger partial charge in [-0.1, -0.05) is 18.2 Å². The van der Waals surface area contributed by atoms with E-state index in [9.17, 15) is 4.79 Å². The zero-order chi connectivity index (χ0) is 18.4. The largest absolute Gasteiger partial charge is 0.352 e. The van der Waals surface area contributed by atoms with Crippen molar-refractivity contribution in [3.05, 3.63) is 5.82 Å². The molecule has 0 spiro atoms. The van der Waals surface area contributed by atoms with E-state index < -0.39 is 0 Å². The number of carbonyl (C=O) groups is 1. The van der Waals surface area contributed by atoms with Crippen LogP contribution in [0.25, 0.3) is 0 Å². The fraction of sp³-hybridized carbons (Fsp3) is 0.857. The molecule has 1 aliphatic heterocycles. The van der Waals surface area contributed by atoms with Crippen LogP contribution in [0.2, 0.25) is 0 Å². The summed E-state index contributed by atoms with van der Waals surface area (Å²) >= 11 is 1.56. The van der Waals surface area contributed by atoms with Crippen molar-refractivity contribution < 1.29 is 4.79 Å². The molecule has 27 heavy (non-hydrogen) atoms. The molecule has 148 valence electrons. The molecule has 5 aliphatic rings. The summed E-state index contributed by atoms with van der Waals surface area (Å²) in [6.45, 7) is 3.26. The van der Waals surface area contributed by atoms with E-state index in [0.717, 1.165) is 41.7 Å². The zero-order valence-electron chi connectivity index (χ0n) is 16.5. The standard InChI is InChI=1S/C21H32N4OS/c1-14(21-10-15-7-16(11-21)9-17(8-15)12-21)22-19(26)13-27-20-24-23-18-5-3-2-4-6-25(18)20/h14-17H,2-13H2,1H3,(H,22,26)/t14-,15?,16?,17?,21?/m0/s1. The quantitative estimate of drug-likeness (QED) is 0.779. The Morgan fingerprint density at radius 3 is 2.56 bits per heavy atom. The third kappa shape index (κ3) is 3.43. The summed E-state index contributed by atoms with van der Waals surface area (Å²) < 4.78 is 2.23. The minimum atomic E-state index is 0.161. The van der Waals surface area contributed by atoms with Gasteiger partial charge in [-0.05, 0) is 81.5 Å². The topological polar surface area (TPSA) is 59.8 Å². The molecular weight excluding hydrogens is 356 g/mol. The maximum absolute atomic E-state index is 12.7. The zero-order valence-corrected chi connectivity index (χ0v) is 17.3. The van der Waals surface area contributed by atoms with Crippen molar-refractivity contribution in [2.45, 2.75) is 88.9 Å². The lowest BCUT2D eigenvalue weighted by Crippen LogP contribution is -2.56. The number of fused-ring (bicyclic) bond motifs is 1. The summed E-state index contributed by atoms with van der Waals surface area (Å²) in [5.41, 5.74) is 0.376. The maximum Gasteiger partial charge on any atom is 0.230 e. The molecule has 0 saturated heterocycles. The Morgan fingerprint density at radius 1 is 1.15 bits per heavy atom. The first-order valence-corrected chi connectivity index (χ1v) is 11.9. The van der Waals surface area contributed by atoms with Crippen LogP contribution >= 0.6 is 11.8 Å². The molecule has 0 aromatic carbocycles. The second kappa shape index (κ2) is 7.09. The molecule has 4 bridgehead atoms. The van der Waals surface area contributed by atoms with Gasteiger partial charge in [0.1, 0.15) is 5.82 Å². The second-order valence-electron chi connectivity index (χ2n) is 9.72. The first kappa shape index (κ1) is 18.0. The fourth-order valence-corrected chi connectivity index (χ4v) is 7.63. The van der Waals surface area contributed by atoms with Crippen LogP contribution in [0, 0.1) is 23.2 Å². The minimum Gasteiger partial charge on any atom is -0.352 e. The van der Waals surface area contributed by atoms with E-state index in [0.29, 0.717) is 17.2 Å². The normalized spacial score (nSPS) is 35.5. The van der Waals surface area contributed by atoms with Crippen molar-refractivity contribution in [1.82, 2.24) is 20.1 Å². The van der Waals surface area contributed by atoms with Crippen LogP contribution in [0.3, 0.4) is 0 Å². The lowest BCUT2D eigenvalue weighted by atomic mass is 9.48. The van der Waals surface area contributed by atoms with Gasteiger partial charge in [0, 0.05) is 19.0 Å². The van der Waals surface area contributed by atoms with Crippen LogP contribution in [0.15, 0.2) is 5.16 Å². The number of aryl methyl sites for hydroxylation is 1. The SMILES string of the molecule is C[C@H](NC(=O)CSc1nnc2n1CCCCC2)C12CC3CC(CC(C3)C1)C2. The lowest BCUT2D eigenvalue weighted by molar-refractivity contribution is -0.123. The van der Waals surface area contributed by atoms with Gasteiger partial charge in [0.2, 0.25) is 5.91 Å². The summed E-state index contributed by atoms with van der Waals surface area (Å²) in [4.78, 5) is 12.7. The van der Waals surface area contributed by atoms with Crippen molar-refractivity contribution in [2.24, 2.45) is 23.2 Å². The highest BCUT2D eigenvalue weighted by atomic mass is 32.2. The van der Waals surface area contributed by atoms with Crippen molar-refractivity contribution in [3.63, 3.8) is 0 Å². The molecule has 1 atom stereocenters. The molecule has 2 heterocycles. The predicted molar refractivity (Wildman–Crippen MR) is 107 cm³/mol. The third-order valence-electron chi connectivity index (χ3n) is 7.79. The average molecular weight is 389 g/mol. The number of amides is 1. The number of aromatic nitrogens is 3. The maximum atomic E-state index is 12.7. The highest BCUT2D eigenvalue weighted by Gasteiger charge is 2.53. The summed E-state index contributed by atoms with van der Waals surface area (Å²) in [5, 5.41) is 13.0. The first-order chi connectivity index (χ1) is 13.1. The molecule has 6 heteroatoms. The molecule has 6 rings (SSSR count). The summed E-state index contributed by atoms with van der Waals surface area (Å²) in [6.07, 6.45) is 13.0. The van der Waals surface area contributed by atoms with Crippen LogP contribution in [-0.4, -0.2) is 32.5 Å². The molecule has 1 N–H and O–H groups in total.